The van der Waals surface area contributed by atoms with Crippen molar-refractivity contribution in [2.24, 2.45) is 0 Å². The second-order valence-corrected chi connectivity index (χ2v) is 2.86. The molecule has 1 aromatic carbocycles. The molecule has 76 valence electrons. The Labute approximate surface area is 86.7 Å². The fourth-order valence-electron chi connectivity index (χ4n) is 1.04. The maximum Gasteiger partial charge on any atom is 0.280 e. The molecule has 0 saturated heterocycles. The van der Waals surface area contributed by atoms with E-state index in [0.29, 0.717) is 10.8 Å². The number of benzene rings is 1. The predicted octanol–water partition coefficient (Wildman–Crippen LogP) is 1.64. The van der Waals surface area contributed by atoms with Gasteiger partial charge in [-0.3, -0.25) is 9.63 Å². The van der Waals surface area contributed by atoms with Crippen LogP contribution in [0.25, 0.3) is 0 Å². The molecule has 0 spiro atoms. The molecule has 14 heavy (non-hydrogen) atoms. The Hall–Kier alpha value is -1.26. The third kappa shape index (κ3) is 2.16. The standard InChI is InChI=1S/C9H10ClNO3/c1-13-7-5-3-4-6(10)8(7)9(12)11-14-2/h3-5H,1-2H3,(H,11,12). The molecular formula is C9H10ClNO3. The third-order valence-electron chi connectivity index (χ3n) is 1.62. The second kappa shape index (κ2) is 4.83. The van der Waals surface area contributed by atoms with Crippen molar-refractivity contribution in [2.45, 2.75) is 0 Å². The van der Waals surface area contributed by atoms with Gasteiger partial charge in [0.2, 0.25) is 0 Å². The molecule has 0 aliphatic rings. The summed E-state index contributed by atoms with van der Waals surface area (Å²) in [7, 11) is 2.82. The van der Waals surface area contributed by atoms with Crippen molar-refractivity contribution in [3.63, 3.8) is 0 Å². The molecule has 4 nitrogen and oxygen atoms in total. The van der Waals surface area contributed by atoms with Gasteiger partial charge in [-0.05, 0) is 12.1 Å². The molecule has 0 atom stereocenters. The van der Waals surface area contributed by atoms with Gasteiger partial charge in [-0.15, -0.1) is 0 Å². The summed E-state index contributed by atoms with van der Waals surface area (Å²) in [6, 6.07) is 4.95. The Balaban J connectivity index is 3.10. The number of hydrogen-bond acceptors (Lipinski definition) is 3. The number of carbonyl (C=O) groups excluding carboxylic acids is 1. The van der Waals surface area contributed by atoms with Crippen LogP contribution in [0.5, 0.6) is 5.75 Å². The van der Waals surface area contributed by atoms with Crippen LogP contribution in [0.4, 0.5) is 0 Å². The molecule has 0 radical (unpaired) electrons. The molecule has 5 heteroatoms. The largest absolute Gasteiger partial charge is 0.496 e. The molecule has 0 bridgehead atoms. The van der Waals surface area contributed by atoms with Crippen LogP contribution in [0.3, 0.4) is 0 Å². The number of rotatable bonds is 3. The summed E-state index contributed by atoms with van der Waals surface area (Å²) in [5.74, 6) is -0.0259. The molecule has 0 unspecified atom stereocenters. The van der Waals surface area contributed by atoms with E-state index in [1.807, 2.05) is 0 Å². The average Bonchev–Trinajstić information content (AvgIpc) is 2.17. The first kappa shape index (κ1) is 10.8. The smallest absolute Gasteiger partial charge is 0.280 e. The van der Waals surface area contributed by atoms with E-state index in [1.165, 1.54) is 14.2 Å². The average molecular weight is 216 g/mol. The number of ether oxygens (including phenoxy) is 1. The van der Waals surface area contributed by atoms with Gasteiger partial charge in [0, 0.05) is 0 Å². The summed E-state index contributed by atoms with van der Waals surface area (Å²) in [4.78, 5) is 15.9. The maximum atomic E-state index is 11.4. The lowest BCUT2D eigenvalue weighted by atomic mass is 10.2. The molecule has 1 N–H and O–H groups in total. The molecule has 0 aromatic heterocycles. The van der Waals surface area contributed by atoms with Gasteiger partial charge in [-0.1, -0.05) is 17.7 Å². The van der Waals surface area contributed by atoms with Crippen LogP contribution in [-0.2, 0) is 4.84 Å². The SMILES string of the molecule is CONC(=O)c1c(Cl)cccc1OC. The number of hydroxylamine groups is 1. The Morgan fingerprint density at radius 2 is 2.14 bits per heavy atom. The van der Waals surface area contributed by atoms with Crippen molar-refractivity contribution >= 4 is 17.5 Å². The number of nitrogens with one attached hydrogen (secondary N) is 1. The minimum absolute atomic E-state index is 0.263. The first-order chi connectivity index (χ1) is 6.70. The van der Waals surface area contributed by atoms with Gasteiger partial charge < -0.3 is 4.74 Å². The Kier molecular flexibility index (Phi) is 3.73. The first-order valence-electron chi connectivity index (χ1n) is 3.86. The van der Waals surface area contributed by atoms with Crippen LogP contribution in [0.15, 0.2) is 18.2 Å². The normalized spacial score (nSPS) is 9.64. The van der Waals surface area contributed by atoms with E-state index < -0.39 is 5.91 Å². The lowest BCUT2D eigenvalue weighted by molar-refractivity contribution is 0.0535. The fraction of sp³-hybridized carbons (Fsp3) is 0.222. The second-order valence-electron chi connectivity index (χ2n) is 2.45. The lowest BCUT2D eigenvalue weighted by Crippen LogP contribution is -2.22. The summed E-state index contributed by atoms with van der Waals surface area (Å²) < 4.78 is 4.99. The number of halogens is 1. The van der Waals surface area contributed by atoms with E-state index in [2.05, 4.69) is 10.3 Å². The van der Waals surface area contributed by atoms with Crippen molar-refractivity contribution in [1.82, 2.24) is 5.48 Å². The number of hydrogen-bond donors (Lipinski definition) is 1. The van der Waals surface area contributed by atoms with Crippen LogP contribution in [0.1, 0.15) is 10.4 Å². The van der Waals surface area contributed by atoms with Gasteiger partial charge in [-0.25, -0.2) is 5.48 Å². The highest BCUT2D eigenvalue weighted by Gasteiger charge is 2.15. The van der Waals surface area contributed by atoms with Gasteiger partial charge in [0.25, 0.3) is 5.91 Å². The summed E-state index contributed by atoms with van der Waals surface area (Å²) in [5, 5.41) is 0.318. The van der Waals surface area contributed by atoms with Crippen LogP contribution in [-0.4, -0.2) is 20.1 Å². The zero-order chi connectivity index (χ0) is 10.6. The molecule has 1 rings (SSSR count). The molecule has 0 aliphatic heterocycles. The van der Waals surface area contributed by atoms with E-state index in [-0.39, 0.29) is 5.56 Å². The number of amides is 1. The van der Waals surface area contributed by atoms with Gasteiger partial charge in [0.05, 0.1) is 19.2 Å². The van der Waals surface area contributed by atoms with Crippen LogP contribution >= 0.6 is 11.6 Å². The van der Waals surface area contributed by atoms with E-state index in [0.717, 1.165) is 0 Å². The Bertz CT molecular complexity index is 341. The van der Waals surface area contributed by atoms with Crippen molar-refractivity contribution in [1.29, 1.82) is 0 Å². The Morgan fingerprint density at radius 3 is 2.71 bits per heavy atom. The highest BCUT2D eigenvalue weighted by atomic mass is 35.5. The van der Waals surface area contributed by atoms with Crippen molar-refractivity contribution in [3.8, 4) is 5.75 Å². The Morgan fingerprint density at radius 1 is 1.43 bits per heavy atom. The van der Waals surface area contributed by atoms with E-state index in [1.54, 1.807) is 18.2 Å². The van der Waals surface area contributed by atoms with Crippen molar-refractivity contribution in [2.75, 3.05) is 14.2 Å². The molecule has 0 fully saturated rings. The van der Waals surface area contributed by atoms with E-state index in [4.69, 9.17) is 16.3 Å². The zero-order valence-electron chi connectivity index (χ0n) is 7.83. The lowest BCUT2D eigenvalue weighted by Gasteiger charge is -2.08. The van der Waals surface area contributed by atoms with Gasteiger partial charge in [-0.2, -0.15) is 0 Å². The summed E-state index contributed by atoms with van der Waals surface area (Å²) in [5.41, 5.74) is 2.44. The van der Waals surface area contributed by atoms with Crippen molar-refractivity contribution < 1.29 is 14.4 Å². The summed E-state index contributed by atoms with van der Waals surface area (Å²) in [6.45, 7) is 0. The van der Waals surface area contributed by atoms with E-state index in [9.17, 15) is 4.79 Å². The van der Waals surface area contributed by atoms with Gasteiger partial charge >= 0.3 is 0 Å². The quantitative estimate of drug-likeness (QED) is 0.780. The summed E-state index contributed by atoms with van der Waals surface area (Å²) >= 11 is 5.84. The fourth-order valence-corrected chi connectivity index (χ4v) is 1.29. The highest BCUT2D eigenvalue weighted by molar-refractivity contribution is 6.34. The van der Waals surface area contributed by atoms with Gasteiger partial charge in [0.1, 0.15) is 11.3 Å². The molecule has 0 saturated carbocycles. The minimum Gasteiger partial charge on any atom is -0.496 e. The van der Waals surface area contributed by atoms with Crippen LogP contribution in [0.2, 0.25) is 5.02 Å². The van der Waals surface area contributed by atoms with Crippen LogP contribution < -0.4 is 10.2 Å². The van der Waals surface area contributed by atoms with Crippen LogP contribution in [0, 0.1) is 0 Å². The number of methoxy groups -OCH3 is 1. The molecule has 0 aliphatic carbocycles. The van der Waals surface area contributed by atoms with Gasteiger partial charge in [0.15, 0.2) is 0 Å². The third-order valence-corrected chi connectivity index (χ3v) is 1.93. The van der Waals surface area contributed by atoms with Crippen molar-refractivity contribution in [3.05, 3.63) is 28.8 Å². The number of carbonyl (C=O) groups is 1. The predicted molar refractivity (Wildman–Crippen MR) is 52.5 cm³/mol. The monoisotopic (exact) mass is 215 g/mol. The topological polar surface area (TPSA) is 47.6 Å². The molecule has 1 aromatic rings. The highest BCUT2D eigenvalue weighted by Crippen LogP contribution is 2.25. The maximum absolute atomic E-state index is 11.4. The summed E-state index contributed by atoms with van der Waals surface area (Å²) in [6.07, 6.45) is 0. The first-order valence-corrected chi connectivity index (χ1v) is 4.24. The zero-order valence-corrected chi connectivity index (χ0v) is 8.59. The molecular weight excluding hydrogens is 206 g/mol. The minimum atomic E-state index is -0.435. The molecule has 0 heterocycles. The van der Waals surface area contributed by atoms with E-state index >= 15 is 0 Å². The molecule has 1 amide bonds.